The van der Waals surface area contributed by atoms with Crippen molar-refractivity contribution in [2.75, 3.05) is 19.8 Å². The predicted octanol–water partition coefficient (Wildman–Crippen LogP) is 3.18. The molecule has 0 amide bonds. The second kappa shape index (κ2) is 8.55. The van der Waals surface area contributed by atoms with E-state index in [2.05, 4.69) is 25.9 Å². The molecule has 0 unspecified atom stereocenters. The Morgan fingerprint density at radius 3 is 2.81 bits per heavy atom. The van der Waals surface area contributed by atoms with Crippen LogP contribution in [0, 0.1) is 5.82 Å². The summed E-state index contributed by atoms with van der Waals surface area (Å²) in [5.41, 5.74) is 1.38. The zero-order chi connectivity index (χ0) is 22.1. The first kappa shape index (κ1) is 20.4. The second-order valence-corrected chi connectivity index (χ2v) is 8.08. The molecular formula is C24H18BrFN4O2. The summed E-state index contributed by atoms with van der Waals surface area (Å²) < 4.78 is 21.1. The van der Waals surface area contributed by atoms with Gasteiger partial charge < -0.3 is 9.64 Å². The molecule has 32 heavy (non-hydrogen) atoms. The van der Waals surface area contributed by atoms with Gasteiger partial charge in [-0.1, -0.05) is 6.07 Å². The van der Waals surface area contributed by atoms with Gasteiger partial charge in [-0.25, -0.2) is 9.37 Å². The van der Waals surface area contributed by atoms with E-state index < -0.39 is 0 Å². The van der Waals surface area contributed by atoms with E-state index in [-0.39, 0.29) is 11.6 Å². The molecule has 3 heterocycles. The maximum absolute atomic E-state index is 13.2. The number of carbonyl (C=O) groups is 1. The molecule has 2 aromatic carbocycles. The molecule has 0 fully saturated rings. The van der Waals surface area contributed by atoms with Gasteiger partial charge in [0.1, 0.15) is 29.4 Å². The molecule has 0 atom stereocenters. The van der Waals surface area contributed by atoms with E-state index in [4.69, 9.17) is 4.74 Å². The van der Waals surface area contributed by atoms with E-state index >= 15 is 0 Å². The van der Waals surface area contributed by atoms with E-state index in [1.165, 1.54) is 12.1 Å². The quantitative estimate of drug-likeness (QED) is 0.388. The number of hydrogen-bond acceptors (Lipinski definition) is 5. The van der Waals surface area contributed by atoms with Gasteiger partial charge in [-0.3, -0.25) is 14.2 Å². The van der Waals surface area contributed by atoms with Gasteiger partial charge in [-0.15, -0.1) is 0 Å². The number of rotatable bonds is 6. The third-order valence-corrected chi connectivity index (χ3v) is 5.79. The van der Waals surface area contributed by atoms with Gasteiger partial charge in [-0.05, 0) is 70.5 Å². The van der Waals surface area contributed by atoms with Crippen molar-refractivity contribution in [3.8, 4) is 5.75 Å². The van der Waals surface area contributed by atoms with Gasteiger partial charge in [0.2, 0.25) is 5.78 Å². The lowest BCUT2D eigenvalue weighted by Crippen LogP contribution is -2.38. The Balaban J connectivity index is 1.35. The topological polar surface area (TPSA) is 59.2 Å². The molecule has 0 saturated heterocycles. The van der Waals surface area contributed by atoms with Crippen LogP contribution in [0.5, 0.6) is 5.75 Å². The number of pyridine rings is 1. The Labute approximate surface area is 191 Å². The number of ketones is 1. The summed E-state index contributed by atoms with van der Waals surface area (Å²) in [7, 11) is 0. The SMILES string of the molecule is O=C(c1ccc2c(c1)=CN(CCOc1ccc(F)cc1)CN=2)c1nc(Br)c2ccccn12. The first-order valence-electron chi connectivity index (χ1n) is 10.0. The smallest absolute Gasteiger partial charge is 0.228 e. The maximum Gasteiger partial charge on any atom is 0.228 e. The van der Waals surface area contributed by atoms with Crippen molar-refractivity contribution in [3.63, 3.8) is 0 Å². The van der Waals surface area contributed by atoms with Crippen LogP contribution in [-0.4, -0.2) is 39.9 Å². The Hall–Kier alpha value is -3.52. The van der Waals surface area contributed by atoms with Crippen LogP contribution in [0.15, 0.2) is 76.5 Å². The number of fused-ring (bicyclic) bond motifs is 2. The fourth-order valence-electron chi connectivity index (χ4n) is 3.58. The molecule has 5 rings (SSSR count). The third kappa shape index (κ3) is 4.01. The Kier molecular flexibility index (Phi) is 5.45. The summed E-state index contributed by atoms with van der Waals surface area (Å²) in [5, 5.41) is 1.70. The highest BCUT2D eigenvalue weighted by Gasteiger charge is 2.18. The monoisotopic (exact) mass is 492 g/mol. The number of carbonyl (C=O) groups excluding carboxylic acids is 1. The summed E-state index contributed by atoms with van der Waals surface area (Å²) >= 11 is 3.43. The Morgan fingerprint density at radius 1 is 1.12 bits per heavy atom. The Bertz CT molecular complexity index is 1430. The highest BCUT2D eigenvalue weighted by molar-refractivity contribution is 9.10. The fraction of sp³-hybridized carbons (Fsp3) is 0.125. The Morgan fingerprint density at radius 2 is 1.97 bits per heavy atom. The minimum Gasteiger partial charge on any atom is -0.492 e. The van der Waals surface area contributed by atoms with Gasteiger partial charge >= 0.3 is 0 Å². The number of imidazole rings is 1. The molecule has 6 nitrogen and oxygen atoms in total. The minimum atomic E-state index is -0.293. The van der Waals surface area contributed by atoms with Crippen molar-refractivity contribution in [2.45, 2.75) is 0 Å². The molecule has 0 spiro atoms. The average Bonchev–Trinajstić information content (AvgIpc) is 3.16. The molecule has 4 aromatic rings. The van der Waals surface area contributed by atoms with Crippen LogP contribution < -0.4 is 15.3 Å². The highest BCUT2D eigenvalue weighted by Crippen LogP contribution is 2.20. The number of halogens is 2. The normalized spacial score (nSPS) is 12.8. The molecule has 1 aliphatic heterocycles. The first-order valence-corrected chi connectivity index (χ1v) is 10.8. The molecule has 0 aliphatic carbocycles. The van der Waals surface area contributed by atoms with Crippen LogP contribution in [-0.2, 0) is 0 Å². The van der Waals surface area contributed by atoms with Crippen molar-refractivity contribution >= 4 is 33.4 Å². The summed E-state index contributed by atoms with van der Waals surface area (Å²) in [6.07, 6.45) is 3.80. The van der Waals surface area contributed by atoms with Crippen molar-refractivity contribution in [1.29, 1.82) is 0 Å². The molecular weight excluding hydrogens is 475 g/mol. The van der Waals surface area contributed by atoms with E-state index in [0.717, 1.165) is 16.1 Å². The van der Waals surface area contributed by atoms with Gasteiger partial charge in [0.05, 0.1) is 17.4 Å². The molecule has 0 saturated carbocycles. The average molecular weight is 493 g/mol. The van der Waals surface area contributed by atoms with E-state index in [9.17, 15) is 9.18 Å². The van der Waals surface area contributed by atoms with E-state index in [0.29, 0.717) is 41.6 Å². The lowest BCUT2D eigenvalue weighted by atomic mass is 10.1. The maximum atomic E-state index is 13.2. The summed E-state index contributed by atoms with van der Waals surface area (Å²) in [5.74, 6) is 0.513. The number of ether oxygens (including phenoxy) is 1. The van der Waals surface area contributed by atoms with Gasteiger partial charge in [-0.2, -0.15) is 0 Å². The molecule has 0 bridgehead atoms. The van der Waals surface area contributed by atoms with Crippen LogP contribution in [0.25, 0.3) is 11.7 Å². The van der Waals surface area contributed by atoms with Gasteiger partial charge in [0, 0.05) is 23.2 Å². The van der Waals surface area contributed by atoms with Crippen LogP contribution >= 0.6 is 15.9 Å². The van der Waals surface area contributed by atoms with Crippen molar-refractivity contribution in [2.24, 2.45) is 4.99 Å². The van der Waals surface area contributed by atoms with Gasteiger partial charge in [0.15, 0.2) is 5.82 Å². The number of hydrogen-bond donors (Lipinski definition) is 0. The molecule has 160 valence electrons. The van der Waals surface area contributed by atoms with Crippen molar-refractivity contribution < 1.29 is 13.9 Å². The standard InChI is InChI=1S/C24H18BrFN4O2/c25-23-21-3-1-2-10-30(21)24(28-23)22(31)16-4-9-20-17(13-16)14-29(15-27-20)11-12-32-19-7-5-18(26)6-8-19/h1-10,13-14H,11-12,15H2. The van der Waals surface area contributed by atoms with Crippen molar-refractivity contribution in [1.82, 2.24) is 14.3 Å². The summed E-state index contributed by atoms with van der Waals surface area (Å²) in [6.45, 7) is 1.54. The van der Waals surface area contributed by atoms with Gasteiger partial charge in [0.25, 0.3) is 0 Å². The highest BCUT2D eigenvalue weighted by atomic mass is 79.9. The fourth-order valence-corrected chi connectivity index (χ4v) is 4.07. The molecule has 2 aromatic heterocycles. The third-order valence-electron chi connectivity index (χ3n) is 5.20. The van der Waals surface area contributed by atoms with E-state index in [1.807, 2.05) is 47.6 Å². The lowest BCUT2D eigenvalue weighted by molar-refractivity contribution is 0.102. The number of benzene rings is 2. The van der Waals surface area contributed by atoms with Crippen LogP contribution in [0.4, 0.5) is 4.39 Å². The van der Waals surface area contributed by atoms with Crippen LogP contribution in [0.3, 0.4) is 0 Å². The number of aromatic nitrogens is 2. The predicted molar refractivity (Wildman–Crippen MR) is 121 cm³/mol. The molecule has 0 N–H and O–H groups in total. The summed E-state index contributed by atoms with van der Waals surface area (Å²) in [6, 6.07) is 17.1. The lowest BCUT2D eigenvalue weighted by Gasteiger charge is -2.20. The molecule has 8 heteroatoms. The first-order chi connectivity index (χ1) is 15.6. The number of nitrogens with zero attached hydrogens (tertiary/aromatic N) is 4. The second-order valence-electron chi connectivity index (χ2n) is 7.33. The minimum absolute atomic E-state index is 0.162. The van der Waals surface area contributed by atoms with Crippen LogP contribution in [0.1, 0.15) is 16.2 Å². The van der Waals surface area contributed by atoms with E-state index in [1.54, 1.807) is 22.6 Å². The zero-order valence-corrected chi connectivity index (χ0v) is 18.5. The zero-order valence-electron chi connectivity index (χ0n) is 16.9. The largest absolute Gasteiger partial charge is 0.492 e. The van der Waals surface area contributed by atoms with Crippen molar-refractivity contribution in [3.05, 3.63) is 99.2 Å². The molecule has 1 aliphatic rings. The van der Waals surface area contributed by atoms with Crippen LogP contribution in [0.2, 0.25) is 0 Å². The molecule has 0 radical (unpaired) electrons. The summed E-state index contributed by atoms with van der Waals surface area (Å²) in [4.78, 5) is 24.2.